The molecule has 0 unspecified atom stereocenters. The van der Waals surface area contributed by atoms with E-state index >= 15 is 0 Å². The summed E-state index contributed by atoms with van der Waals surface area (Å²) in [6, 6.07) is 9.90. The minimum atomic E-state index is 0.792. The average molecular weight is 204 g/mol. The highest BCUT2D eigenvalue weighted by molar-refractivity contribution is 7.07. The molecular formula is C11H12N2S. The van der Waals surface area contributed by atoms with Crippen LogP contribution in [0.5, 0.6) is 0 Å². The Labute approximate surface area is 87.4 Å². The molecule has 72 valence electrons. The van der Waals surface area contributed by atoms with Crippen molar-refractivity contribution in [1.82, 2.24) is 0 Å². The molecule has 0 amide bonds. The molecule has 0 radical (unpaired) electrons. The number of anilines is 2. The van der Waals surface area contributed by atoms with E-state index in [0.29, 0.717) is 0 Å². The highest BCUT2D eigenvalue weighted by Gasteiger charge is 1.94. The third-order valence-electron chi connectivity index (χ3n) is 1.96. The molecule has 2 nitrogen and oxygen atoms in total. The smallest absolute Gasteiger partial charge is 0.0409 e. The molecule has 3 heteroatoms. The van der Waals surface area contributed by atoms with Gasteiger partial charge in [-0.05, 0) is 40.6 Å². The minimum absolute atomic E-state index is 0.792. The van der Waals surface area contributed by atoms with Gasteiger partial charge in [-0.25, -0.2) is 0 Å². The van der Waals surface area contributed by atoms with Crippen molar-refractivity contribution in [2.45, 2.75) is 6.54 Å². The van der Waals surface area contributed by atoms with Crippen LogP contribution >= 0.6 is 11.3 Å². The predicted molar refractivity (Wildman–Crippen MR) is 62.5 cm³/mol. The van der Waals surface area contributed by atoms with Crippen LogP contribution < -0.4 is 11.1 Å². The van der Waals surface area contributed by atoms with Crippen LogP contribution in [0.15, 0.2) is 41.1 Å². The second-order valence-corrected chi connectivity index (χ2v) is 3.89. The summed E-state index contributed by atoms with van der Waals surface area (Å²) in [6.45, 7) is 0.854. The Morgan fingerprint density at radius 2 is 2.21 bits per heavy atom. The summed E-state index contributed by atoms with van der Waals surface area (Å²) in [5.74, 6) is 0. The van der Waals surface area contributed by atoms with Gasteiger partial charge in [0.2, 0.25) is 0 Å². The van der Waals surface area contributed by atoms with E-state index in [9.17, 15) is 0 Å². The van der Waals surface area contributed by atoms with Gasteiger partial charge in [0, 0.05) is 17.9 Å². The van der Waals surface area contributed by atoms with E-state index in [1.54, 1.807) is 11.3 Å². The molecular weight excluding hydrogens is 192 g/mol. The van der Waals surface area contributed by atoms with E-state index in [1.807, 2.05) is 24.3 Å². The minimum Gasteiger partial charge on any atom is -0.399 e. The molecule has 2 aromatic rings. The molecule has 0 aliphatic carbocycles. The Morgan fingerprint density at radius 3 is 2.93 bits per heavy atom. The zero-order chi connectivity index (χ0) is 9.80. The first-order valence-corrected chi connectivity index (χ1v) is 5.39. The number of nitrogens with one attached hydrogen (secondary N) is 1. The molecule has 0 spiro atoms. The van der Waals surface area contributed by atoms with Gasteiger partial charge in [0.25, 0.3) is 0 Å². The number of hydrogen-bond acceptors (Lipinski definition) is 3. The summed E-state index contributed by atoms with van der Waals surface area (Å²) < 4.78 is 0. The Kier molecular flexibility index (Phi) is 2.70. The third kappa shape index (κ3) is 2.26. The highest BCUT2D eigenvalue weighted by atomic mass is 32.1. The van der Waals surface area contributed by atoms with Crippen molar-refractivity contribution in [2.75, 3.05) is 11.1 Å². The Bertz CT molecular complexity index is 395. The molecule has 1 aromatic heterocycles. The predicted octanol–water partition coefficient (Wildman–Crippen LogP) is 2.94. The number of rotatable bonds is 3. The fourth-order valence-electron chi connectivity index (χ4n) is 1.25. The van der Waals surface area contributed by atoms with E-state index in [4.69, 9.17) is 5.73 Å². The van der Waals surface area contributed by atoms with Gasteiger partial charge in [-0.2, -0.15) is 11.3 Å². The molecule has 0 atom stereocenters. The lowest BCUT2D eigenvalue weighted by atomic mass is 10.2. The van der Waals surface area contributed by atoms with Crippen LogP contribution in [0, 0.1) is 0 Å². The Hall–Kier alpha value is -1.48. The van der Waals surface area contributed by atoms with Crippen LogP contribution in [0.1, 0.15) is 5.56 Å². The fraction of sp³-hybridized carbons (Fsp3) is 0.0909. The second-order valence-electron chi connectivity index (χ2n) is 3.11. The van der Waals surface area contributed by atoms with E-state index in [0.717, 1.165) is 17.9 Å². The van der Waals surface area contributed by atoms with E-state index in [1.165, 1.54) is 5.56 Å². The average Bonchev–Trinajstić information content (AvgIpc) is 2.67. The molecule has 0 aliphatic heterocycles. The van der Waals surface area contributed by atoms with Crippen molar-refractivity contribution < 1.29 is 0 Å². The van der Waals surface area contributed by atoms with Gasteiger partial charge in [-0.3, -0.25) is 0 Å². The molecule has 0 saturated carbocycles. The molecule has 14 heavy (non-hydrogen) atoms. The van der Waals surface area contributed by atoms with Gasteiger partial charge >= 0.3 is 0 Å². The molecule has 2 rings (SSSR count). The SMILES string of the molecule is Nc1cccc(NCc2ccsc2)c1. The first kappa shape index (κ1) is 9.09. The van der Waals surface area contributed by atoms with Crippen molar-refractivity contribution in [3.05, 3.63) is 46.7 Å². The molecule has 0 bridgehead atoms. The zero-order valence-corrected chi connectivity index (χ0v) is 8.55. The van der Waals surface area contributed by atoms with Crippen molar-refractivity contribution >= 4 is 22.7 Å². The van der Waals surface area contributed by atoms with Crippen LogP contribution in [0.2, 0.25) is 0 Å². The quantitative estimate of drug-likeness (QED) is 0.754. The maximum Gasteiger partial charge on any atom is 0.0409 e. The third-order valence-corrected chi connectivity index (χ3v) is 2.70. The topological polar surface area (TPSA) is 38.0 Å². The van der Waals surface area contributed by atoms with Crippen LogP contribution in [-0.4, -0.2) is 0 Å². The monoisotopic (exact) mass is 204 g/mol. The van der Waals surface area contributed by atoms with Crippen molar-refractivity contribution in [3.8, 4) is 0 Å². The molecule has 1 aromatic carbocycles. The number of thiophene rings is 1. The zero-order valence-electron chi connectivity index (χ0n) is 7.73. The van der Waals surface area contributed by atoms with Crippen LogP contribution in [0.4, 0.5) is 11.4 Å². The van der Waals surface area contributed by atoms with Crippen molar-refractivity contribution in [1.29, 1.82) is 0 Å². The van der Waals surface area contributed by atoms with Gasteiger partial charge in [-0.1, -0.05) is 6.07 Å². The fourth-order valence-corrected chi connectivity index (χ4v) is 1.91. The van der Waals surface area contributed by atoms with Crippen molar-refractivity contribution in [2.24, 2.45) is 0 Å². The Balaban J connectivity index is 1.98. The number of nitrogens with two attached hydrogens (primary N) is 1. The first-order chi connectivity index (χ1) is 6.84. The molecule has 0 fully saturated rings. The van der Waals surface area contributed by atoms with Crippen LogP contribution in [0.25, 0.3) is 0 Å². The maximum absolute atomic E-state index is 5.67. The van der Waals surface area contributed by atoms with Gasteiger partial charge in [0.15, 0.2) is 0 Å². The van der Waals surface area contributed by atoms with E-state index < -0.39 is 0 Å². The van der Waals surface area contributed by atoms with Gasteiger partial charge < -0.3 is 11.1 Å². The lowest BCUT2D eigenvalue weighted by molar-refractivity contribution is 1.16. The Morgan fingerprint density at radius 1 is 1.29 bits per heavy atom. The van der Waals surface area contributed by atoms with Gasteiger partial charge in [0.1, 0.15) is 0 Å². The van der Waals surface area contributed by atoms with E-state index in [2.05, 4.69) is 22.1 Å². The summed E-state index contributed by atoms with van der Waals surface area (Å²) in [7, 11) is 0. The number of nitrogen functional groups attached to an aromatic ring is 1. The molecule has 0 aliphatic rings. The normalized spacial score (nSPS) is 10.0. The molecule has 1 heterocycles. The summed E-state index contributed by atoms with van der Waals surface area (Å²) in [4.78, 5) is 0. The summed E-state index contributed by atoms with van der Waals surface area (Å²) in [6.07, 6.45) is 0. The van der Waals surface area contributed by atoms with Crippen LogP contribution in [0.3, 0.4) is 0 Å². The lowest BCUT2D eigenvalue weighted by Gasteiger charge is -2.05. The lowest BCUT2D eigenvalue weighted by Crippen LogP contribution is -1.98. The molecule has 0 saturated heterocycles. The van der Waals surface area contributed by atoms with Crippen LogP contribution in [-0.2, 0) is 6.54 Å². The number of benzene rings is 1. The summed E-state index contributed by atoms with van der Waals surface area (Å²) in [5.41, 5.74) is 8.83. The second kappa shape index (κ2) is 4.15. The van der Waals surface area contributed by atoms with E-state index in [-0.39, 0.29) is 0 Å². The summed E-state index contributed by atoms with van der Waals surface area (Å²) >= 11 is 1.71. The van der Waals surface area contributed by atoms with Crippen molar-refractivity contribution in [3.63, 3.8) is 0 Å². The van der Waals surface area contributed by atoms with Gasteiger partial charge in [0.05, 0.1) is 0 Å². The first-order valence-electron chi connectivity index (χ1n) is 4.45. The standard InChI is InChI=1S/C11H12N2S/c12-10-2-1-3-11(6-10)13-7-9-4-5-14-8-9/h1-6,8,13H,7,12H2. The van der Waals surface area contributed by atoms with Gasteiger partial charge in [-0.15, -0.1) is 0 Å². The highest BCUT2D eigenvalue weighted by Crippen LogP contribution is 2.14. The maximum atomic E-state index is 5.67. The number of hydrogen-bond donors (Lipinski definition) is 2. The summed E-state index contributed by atoms with van der Waals surface area (Å²) in [5, 5.41) is 7.53. The molecule has 3 N–H and O–H groups in total. The largest absolute Gasteiger partial charge is 0.399 e.